The van der Waals surface area contributed by atoms with Crippen LogP contribution in [0.5, 0.6) is 23.0 Å². The van der Waals surface area contributed by atoms with Gasteiger partial charge in [0.05, 0.1) is 39.6 Å². The molecular weight excluding hydrogens is 650 g/mol. The average Bonchev–Trinajstić information content (AvgIpc) is 3.65. The minimum Gasteiger partial charge on any atom is -0.507 e. The number of anilines is 1. The molecule has 1 fully saturated rings. The summed E-state index contributed by atoms with van der Waals surface area (Å²) in [6.07, 6.45) is 1.91. The highest BCUT2D eigenvalue weighted by atomic mass is 35.5. The van der Waals surface area contributed by atoms with Gasteiger partial charge in [0, 0.05) is 16.3 Å². The van der Waals surface area contributed by atoms with Gasteiger partial charge < -0.3 is 24.1 Å². The van der Waals surface area contributed by atoms with E-state index in [9.17, 15) is 14.7 Å². The Hall–Kier alpha value is -4.26. The van der Waals surface area contributed by atoms with Gasteiger partial charge in [-0.1, -0.05) is 60.2 Å². The zero-order chi connectivity index (χ0) is 32.8. The molecule has 46 heavy (non-hydrogen) atoms. The van der Waals surface area contributed by atoms with Crippen LogP contribution in [-0.4, -0.2) is 54.9 Å². The van der Waals surface area contributed by atoms with Crippen molar-refractivity contribution >= 4 is 57.3 Å². The summed E-state index contributed by atoms with van der Waals surface area (Å²) in [6, 6.07) is 16.4. The number of halogens is 1. The molecule has 0 aliphatic carbocycles. The highest BCUT2D eigenvalue weighted by Crippen LogP contribution is 2.48. The van der Waals surface area contributed by atoms with E-state index >= 15 is 0 Å². The maximum Gasteiger partial charge on any atom is 0.301 e. The minimum absolute atomic E-state index is 0.121. The van der Waals surface area contributed by atoms with E-state index in [0.717, 1.165) is 29.7 Å². The number of thioether (sulfide) groups is 1. The number of carbonyl (C=O) groups excluding carboxylic acids is 2. The molecule has 3 aromatic carbocycles. The monoisotopic (exact) mass is 681 g/mol. The first-order valence-corrected chi connectivity index (χ1v) is 16.5. The fourth-order valence-corrected chi connectivity index (χ4v) is 6.84. The maximum atomic E-state index is 13.7. The van der Waals surface area contributed by atoms with Crippen LogP contribution < -0.4 is 23.8 Å². The molecule has 1 aliphatic rings. The number of aliphatic hydroxyl groups is 1. The van der Waals surface area contributed by atoms with Crippen LogP contribution in [0.1, 0.15) is 42.5 Å². The average molecular weight is 682 g/mol. The van der Waals surface area contributed by atoms with Crippen molar-refractivity contribution in [3.63, 3.8) is 0 Å². The van der Waals surface area contributed by atoms with Crippen molar-refractivity contribution < 1.29 is 33.6 Å². The fraction of sp³-hybridized carbons (Fsp3) is 0.273. The van der Waals surface area contributed by atoms with Crippen molar-refractivity contribution in [1.82, 2.24) is 10.2 Å². The molecule has 1 unspecified atom stereocenters. The standard InChI is InChI=1S/C33H32ClN3O7S2/c1-5-6-15-44-23-13-9-20(10-14-23)28(38)26-27(21-16-24(41-2)30(43-4)25(17-21)42-3)37(31(40)29(26)39)32-35-36-33(46-32)45-18-19-7-11-22(34)12-8-19/h7-14,16-17,27,38H,5-6,15,18H2,1-4H3/b28-26-. The molecule has 5 rings (SSSR count). The van der Waals surface area contributed by atoms with E-state index in [-0.39, 0.29) is 16.5 Å². The summed E-state index contributed by atoms with van der Waals surface area (Å²) in [7, 11) is 4.42. The quantitative estimate of drug-likeness (QED) is 0.0384. The molecule has 4 aromatic rings. The third kappa shape index (κ3) is 6.93. The smallest absolute Gasteiger partial charge is 0.301 e. The first-order chi connectivity index (χ1) is 22.3. The summed E-state index contributed by atoms with van der Waals surface area (Å²) in [5.74, 6) is 0.112. The molecule has 10 nitrogen and oxygen atoms in total. The summed E-state index contributed by atoms with van der Waals surface area (Å²) < 4.78 is 23.0. The summed E-state index contributed by atoms with van der Waals surface area (Å²) in [5, 5.41) is 21.0. The summed E-state index contributed by atoms with van der Waals surface area (Å²) >= 11 is 8.61. The normalized spacial score (nSPS) is 15.7. The van der Waals surface area contributed by atoms with Crippen LogP contribution in [-0.2, 0) is 15.3 Å². The zero-order valence-electron chi connectivity index (χ0n) is 25.6. The van der Waals surface area contributed by atoms with Gasteiger partial charge in [-0.25, -0.2) is 0 Å². The molecule has 1 aromatic heterocycles. The van der Waals surface area contributed by atoms with Crippen LogP contribution in [0, 0.1) is 0 Å². The number of rotatable bonds is 13. The number of unbranched alkanes of at least 4 members (excludes halogenated alkanes) is 1. The van der Waals surface area contributed by atoms with Crippen LogP contribution in [0.3, 0.4) is 0 Å². The Labute approximate surface area is 279 Å². The molecule has 1 atom stereocenters. The van der Waals surface area contributed by atoms with Gasteiger partial charge in [0.1, 0.15) is 11.5 Å². The van der Waals surface area contributed by atoms with Gasteiger partial charge in [0.25, 0.3) is 5.78 Å². The van der Waals surface area contributed by atoms with Crippen molar-refractivity contribution in [2.45, 2.75) is 35.9 Å². The topological polar surface area (TPSA) is 120 Å². The third-order valence-electron chi connectivity index (χ3n) is 7.22. The number of nitrogens with zero attached hydrogens (tertiary/aromatic N) is 3. The van der Waals surface area contributed by atoms with Gasteiger partial charge >= 0.3 is 5.91 Å². The highest BCUT2D eigenvalue weighted by Gasteiger charge is 2.49. The van der Waals surface area contributed by atoms with Gasteiger partial charge in [-0.05, 0) is 66.1 Å². The molecule has 0 saturated carbocycles. The number of hydrogen-bond acceptors (Lipinski definition) is 11. The number of hydrogen-bond donors (Lipinski definition) is 1. The van der Waals surface area contributed by atoms with Crippen molar-refractivity contribution in [1.29, 1.82) is 0 Å². The lowest BCUT2D eigenvalue weighted by molar-refractivity contribution is -0.132. The van der Waals surface area contributed by atoms with E-state index < -0.39 is 17.7 Å². The predicted octanol–water partition coefficient (Wildman–Crippen LogP) is 7.31. The molecule has 1 saturated heterocycles. The Morgan fingerprint density at radius 1 is 0.978 bits per heavy atom. The molecule has 0 spiro atoms. The van der Waals surface area contributed by atoms with E-state index in [0.29, 0.717) is 55.8 Å². The first-order valence-electron chi connectivity index (χ1n) is 14.3. The predicted molar refractivity (Wildman–Crippen MR) is 179 cm³/mol. The van der Waals surface area contributed by atoms with Gasteiger partial charge in [-0.3, -0.25) is 14.5 Å². The second kappa shape index (κ2) is 14.9. The lowest BCUT2D eigenvalue weighted by Crippen LogP contribution is -2.29. The van der Waals surface area contributed by atoms with Gasteiger partial charge in [0.2, 0.25) is 10.9 Å². The largest absolute Gasteiger partial charge is 0.507 e. The minimum atomic E-state index is -1.09. The number of benzene rings is 3. The van der Waals surface area contributed by atoms with Crippen LogP contribution >= 0.6 is 34.7 Å². The van der Waals surface area contributed by atoms with Gasteiger partial charge in [-0.15, -0.1) is 10.2 Å². The molecule has 1 aliphatic heterocycles. The number of ketones is 1. The van der Waals surface area contributed by atoms with Crippen molar-refractivity contribution in [2.75, 3.05) is 32.8 Å². The Balaban J connectivity index is 1.57. The Morgan fingerprint density at radius 3 is 2.26 bits per heavy atom. The molecule has 13 heteroatoms. The number of aliphatic hydroxyl groups excluding tert-OH is 1. The Kier molecular flexibility index (Phi) is 10.7. The molecular formula is C33H32ClN3O7S2. The SMILES string of the molecule is CCCCOc1ccc(/C(O)=C2/C(=O)C(=O)N(c3nnc(SCc4ccc(Cl)cc4)s3)C2c2cc(OC)c(OC)c(OC)c2)cc1. The first kappa shape index (κ1) is 33.1. The molecule has 1 N–H and O–H groups in total. The Bertz CT molecular complexity index is 1720. The molecule has 240 valence electrons. The summed E-state index contributed by atoms with van der Waals surface area (Å²) in [4.78, 5) is 28.7. The number of Topliss-reactive ketones (excluding diaryl/α,β-unsaturated/α-hetero) is 1. The Morgan fingerprint density at radius 2 is 1.65 bits per heavy atom. The van der Waals surface area contributed by atoms with Crippen molar-refractivity contribution in [3.05, 3.63) is 87.9 Å². The second-order valence-corrected chi connectivity index (χ2v) is 12.7. The van der Waals surface area contributed by atoms with Gasteiger partial charge in [0.15, 0.2) is 15.8 Å². The highest BCUT2D eigenvalue weighted by molar-refractivity contribution is 8.00. The number of carbonyl (C=O) groups is 2. The van der Waals surface area contributed by atoms with E-state index in [4.69, 9.17) is 30.5 Å². The molecule has 1 amide bonds. The fourth-order valence-electron chi connectivity index (χ4n) is 4.89. The molecule has 2 heterocycles. The number of amides is 1. The second-order valence-electron chi connectivity index (χ2n) is 10.1. The van der Waals surface area contributed by atoms with Crippen LogP contribution in [0.4, 0.5) is 5.13 Å². The number of methoxy groups -OCH3 is 3. The summed E-state index contributed by atoms with van der Waals surface area (Å²) in [6.45, 7) is 2.64. The molecule has 0 radical (unpaired) electrons. The number of ether oxygens (including phenoxy) is 4. The lowest BCUT2D eigenvalue weighted by atomic mass is 9.94. The van der Waals surface area contributed by atoms with E-state index in [2.05, 4.69) is 17.1 Å². The number of aromatic nitrogens is 2. The van der Waals surface area contributed by atoms with Gasteiger partial charge in [-0.2, -0.15) is 0 Å². The van der Waals surface area contributed by atoms with Crippen molar-refractivity contribution in [2.24, 2.45) is 0 Å². The van der Waals surface area contributed by atoms with E-state index in [1.807, 2.05) is 24.3 Å². The van der Waals surface area contributed by atoms with E-state index in [1.165, 1.54) is 38.0 Å². The van der Waals surface area contributed by atoms with E-state index in [1.54, 1.807) is 36.4 Å². The van der Waals surface area contributed by atoms with Crippen LogP contribution in [0.15, 0.2) is 70.6 Å². The van der Waals surface area contributed by atoms with Crippen LogP contribution in [0.2, 0.25) is 5.02 Å². The summed E-state index contributed by atoms with van der Waals surface area (Å²) in [5.41, 5.74) is 1.69. The molecule has 0 bridgehead atoms. The lowest BCUT2D eigenvalue weighted by Gasteiger charge is -2.24. The maximum absolute atomic E-state index is 13.7. The van der Waals surface area contributed by atoms with Crippen molar-refractivity contribution in [3.8, 4) is 23.0 Å². The zero-order valence-corrected chi connectivity index (χ0v) is 28.0. The van der Waals surface area contributed by atoms with Crippen LogP contribution in [0.25, 0.3) is 5.76 Å². The third-order valence-corrected chi connectivity index (χ3v) is 9.60.